The second kappa shape index (κ2) is 10.7. The molecule has 1 N–H and O–H groups in total. The van der Waals surface area contributed by atoms with Crippen LogP contribution in [0.2, 0.25) is 5.02 Å². The van der Waals surface area contributed by atoms with Crippen molar-refractivity contribution >= 4 is 29.6 Å². The minimum absolute atomic E-state index is 0.156. The third-order valence-electron chi connectivity index (χ3n) is 4.07. The lowest BCUT2D eigenvalue weighted by atomic mass is 10.1. The van der Waals surface area contributed by atoms with Crippen molar-refractivity contribution in [3.05, 3.63) is 70.8 Å². The Labute approximate surface area is 176 Å². The van der Waals surface area contributed by atoms with Crippen molar-refractivity contribution in [2.24, 2.45) is 0 Å². The van der Waals surface area contributed by atoms with E-state index in [1.54, 1.807) is 51.1 Å². The summed E-state index contributed by atoms with van der Waals surface area (Å²) in [7, 11) is 0. The SMILES string of the molecule is CCOC(=O)C(C)(C)Oc1ccc(CCNC(=O)/C=C/c2ccc(Cl)cc2)cc1. The normalized spacial score (nSPS) is 11.3. The summed E-state index contributed by atoms with van der Waals surface area (Å²) in [5.74, 6) is 0.0243. The van der Waals surface area contributed by atoms with Gasteiger partial charge in [0.1, 0.15) is 5.75 Å². The Morgan fingerprint density at radius 2 is 1.72 bits per heavy atom. The summed E-state index contributed by atoms with van der Waals surface area (Å²) in [6, 6.07) is 14.7. The summed E-state index contributed by atoms with van der Waals surface area (Å²) in [5.41, 5.74) is 0.904. The number of carbonyl (C=O) groups is 2. The Hall–Kier alpha value is -2.79. The molecule has 0 heterocycles. The van der Waals surface area contributed by atoms with Crippen LogP contribution in [0.5, 0.6) is 5.75 Å². The molecule has 1 amide bonds. The van der Waals surface area contributed by atoms with Crippen LogP contribution in [0.1, 0.15) is 31.9 Å². The Bertz CT molecular complexity index is 842. The van der Waals surface area contributed by atoms with Crippen molar-refractivity contribution in [1.82, 2.24) is 5.32 Å². The van der Waals surface area contributed by atoms with Gasteiger partial charge in [-0.1, -0.05) is 35.9 Å². The topological polar surface area (TPSA) is 64.6 Å². The maximum Gasteiger partial charge on any atom is 0.349 e. The largest absolute Gasteiger partial charge is 0.476 e. The summed E-state index contributed by atoms with van der Waals surface area (Å²) in [6.45, 7) is 5.93. The first kappa shape index (κ1) is 22.5. The van der Waals surface area contributed by atoms with Gasteiger partial charge >= 0.3 is 5.97 Å². The van der Waals surface area contributed by atoms with Crippen molar-refractivity contribution in [2.45, 2.75) is 32.8 Å². The number of amides is 1. The zero-order chi connectivity index (χ0) is 21.3. The van der Waals surface area contributed by atoms with Gasteiger partial charge in [-0.15, -0.1) is 0 Å². The second-order valence-electron chi connectivity index (χ2n) is 6.90. The number of halogens is 1. The second-order valence-corrected chi connectivity index (χ2v) is 7.34. The minimum atomic E-state index is -1.05. The molecule has 154 valence electrons. The quantitative estimate of drug-likeness (QED) is 0.486. The monoisotopic (exact) mass is 415 g/mol. The van der Waals surface area contributed by atoms with Gasteiger partial charge in [0.2, 0.25) is 5.91 Å². The number of carbonyl (C=O) groups excluding carboxylic acids is 2. The fourth-order valence-electron chi connectivity index (χ4n) is 2.50. The molecule has 0 spiro atoms. The third kappa shape index (κ3) is 7.62. The number of hydrogen-bond acceptors (Lipinski definition) is 4. The van der Waals surface area contributed by atoms with Gasteiger partial charge in [-0.2, -0.15) is 0 Å². The fraction of sp³-hybridized carbons (Fsp3) is 0.304. The minimum Gasteiger partial charge on any atom is -0.476 e. The summed E-state index contributed by atoms with van der Waals surface area (Å²) in [5, 5.41) is 3.51. The van der Waals surface area contributed by atoms with E-state index in [1.165, 1.54) is 6.08 Å². The number of ether oxygens (including phenoxy) is 2. The first-order chi connectivity index (χ1) is 13.8. The predicted molar refractivity (Wildman–Crippen MR) is 115 cm³/mol. The molecule has 0 atom stereocenters. The maximum atomic E-state index is 11.9. The molecule has 2 aromatic rings. The van der Waals surface area contributed by atoms with E-state index in [2.05, 4.69) is 5.32 Å². The van der Waals surface area contributed by atoms with E-state index < -0.39 is 11.6 Å². The molecule has 0 saturated carbocycles. The van der Waals surface area contributed by atoms with Crippen LogP contribution in [0, 0.1) is 0 Å². The van der Waals surface area contributed by atoms with Crippen molar-refractivity contribution in [2.75, 3.05) is 13.2 Å². The fourth-order valence-corrected chi connectivity index (χ4v) is 2.63. The van der Waals surface area contributed by atoms with Crippen molar-refractivity contribution < 1.29 is 19.1 Å². The van der Waals surface area contributed by atoms with Crippen LogP contribution >= 0.6 is 11.6 Å². The lowest BCUT2D eigenvalue weighted by Gasteiger charge is -2.24. The first-order valence-electron chi connectivity index (χ1n) is 9.47. The zero-order valence-electron chi connectivity index (χ0n) is 16.9. The summed E-state index contributed by atoms with van der Waals surface area (Å²) in [4.78, 5) is 23.8. The molecule has 0 fully saturated rings. The molecular formula is C23H26ClNO4. The highest BCUT2D eigenvalue weighted by molar-refractivity contribution is 6.30. The Morgan fingerprint density at radius 3 is 2.34 bits per heavy atom. The average molecular weight is 416 g/mol. The molecule has 5 nitrogen and oxygen atoms in total. The van der Waals surface area contributed by atoms with Gasteiger partial charge in [0.05, 0.1) is 6.61 Å². The number of hydrogen-bond donors (Lipinski definition) is 1. The van der Waals surface area contributed by atoms with E-state index in [-0.39, 0.29) is 5.91 Å². The van der Waals surface area contributed by atoms with E-state index in [0.717, 1.165) is 11.1 Å². The highest BCUT2D eigenvalue weighted by atomic mass is 35.5. The van der Waals surface area contributed by atoms with Crippen LogP contribution in [0.4, 0.5) is 0 Å². The van der Waals surface area contributed by atoms with Gasteiger partial charge in [0.25, 0.3) is 0 Å². The molecule has 0 saturated heterocycles. The van der Waals surface area contributed by atoms with E-state index in [1.807, 2.05) is 24.3 Å². The lowest BCUT2D eigenvalue weighted by molar-refractivity contribution is -0.158. The van der Waals surface area contributed by atoms with E-state index >= 15 is 0 Å². The molecule has 0 radical (unpaired) electrons. The van der Waals surface area contributed by atoms with Gasteiger partial charge in [0.15, 0.2) is 5.60 Å². The van der Waals surface area contributed by atoms with Crippen LogP contribution in [0.25, 0.3) is 6.08 Å². The number of rotatable bonds is 9. The third-order valence-corrected chi connectivity index (χ3v) is 4.33. The molecule has 0 aromatic heterocycles. The van der Waals surface area contributed by atoms with Crippen LogP contribution in [-0.2, 0) is 20.7 Å². The molecule has 29 heavy (non-hydrogen) atoms. The van der Waals surface area contributed by atoms with Crippen LogP contribution in [-0.4, -0.2) is 30.6 Å². The van der Waals surface area contributed by atoms with E-state index in [9.17, 15) is 9.59 Å². The number of esters is 1. The van der Waals surface area contributed by atoms with Crippen molar-refractivity contribution in [1.29, 1.82) is 0 Å². The van der Waals surface area contributed by atoms with Crippen LogP contribution in [0.15, 0.2) is 54.6 Å². The Balaban J connectivity index is 1.79. The first-order valence-corrected chi connectivity index (χ1v) is 9.84. The maximum absolute atomic E-state index is 11.9. The standard InChI is InChI=1S/C23H26ClNO4/c1-4-28-22(27)23(2,3)29-20-12-7-18(8-13-20)15-16-25-21(26)14-9-17-5-10-19(24)11-6-17/h5-14H,4,15-16H2,1-3H3,(H,25,26)/b14-9+. The van der Waals surface area contributed by atoms with E-state index in [4.69, 9.17) is 21.1 Å². The van der Waals surface area contributed by atoms with Gasteiger partial charge in [-0.3, -0.25) is 4.79 Å². The molecular weight excluding hydrogens is 390 g/mol. The van der Waals surface area contributed by atoms with E-state index in [0.29, 0.717) is 30.3 Å². The highest BCUT2D eigenvalue weighted by Crippen LogP contribution is 2.20. The Kier molecular flexibility index (Phi) is 8.28. The van der Waals surface area contributed by atoms with Crippen molar-refractivity contribution in [3.63, 3.8) is 0 Å². The molecule has 2 aromatic carbocycles. The summed E-state index contributed by atoms with van der Waals surface area (Å²) >= 11 is 5.84. The smallest absolute Gasteiger partial charge is 0.349 e. The van der Waals surface area contributed by atoms with Gasteiger partial charge < -0.3 is 14.8 Å². The van der Waals surface area contributed by atoms with Gasteiger partial charge in [-0.05, 0) is 68.7 Å². The summed E-state index contributed by atoms with van der Waals surface area (Å²) in [6.07, 6.45) is 3.92. The summed E-state index contributed by atoms with van der Waals surface area (Å²) < 4.78 is 10.7. The molecule has 0 aliphatic rings. The predicted octanol–water partition coefficient (Wildman–Crippen LogP) is 4.43. The van der Waals surface area contributed by atoms with Gasteiger partial charge in [-0.25, -0.2) is 4.79 Å². The molecule has 0 aliphatic carbocycles. The van der Waals surface area contributed by atoms with Gasteiger partial charge in [0, 0.05) is 17.6 Å². The highest BCUT2D eigenvalue weighted by Gasteiger charge is 2.31. The average Bonchev–Trinajstić information content (AvgIpc) is 2.69. The molecule has 0 aliphatic heterocycles. The Morgan fingerprint density at radius 1 is 1.07 bits per heavy atom. The molecule has 0 bridgehead atoms. The molecule has 2 rings (SSSR count). The number of benzene rings is 2. The van der Waals surface area contributed by atoms with Crippen molar-refractivity contribution in [3.8, 4) is 5.75 Å². The van der Waals surface area contributed by atoms with Crippen LogP contribution in [0.3, 0.4) is 0 Å². The number of nitrogens with one attached hydrogen (secondary N) is 1. The van der Waals surface area contributed by atoms with Crippen LogP contribution < -0.4 is 10.1 Å². The lowest BCUT2D eigenvalue weighted by Crippen LogP contribution is -2.39. The zero-order valence-corrected chi connectivity index (χ0v) is 17.7. The molecule has 6 heteroatoms. The molecule has 0 unspecified atom stereocenters.